The molecule has 1 aromatic carbocycles. The molecule has 1 rings (SSSR count). The van der Waals surface area contributed by atoms with Crippen LogP contribution in [0, 0.1) is 0 Å². The monoisotopic (exact) mass is 267 g/mol. The van der Waals surface area contributed by atoms with Crippen LogP contribution in [-0.2, 0) is 0 Å². The Bertz CT molecular complexity index is 435. The van der Waals surface area contributed by atoms with Gasteiger partial charge in [-0.3, -0.25) is 5.43 Å². The van der Waals surface area contributed by atoms with E-state index in [4.69, 9.17) is 15.2 Å². The van der Waals surface area contributed by atoms with E-state index in [1.54, 1.807) is 13.3 Å². The van der Waals surface area contributed by atoms with Crippen LogP contribution in [0.15, 0.2) is 23.3 Å². The molecule has 0 unspecified atom stereocenters. The van der Waals surface area contributed by atoms with Gasteiger partial charge >= 0.3 is 0 Å². The number of methoxy groups -OCH3 is 1. The van der Waals surface area contributed by atoms with E-state index >= 15 is 0 Å². The lowest BCUT2D eigenvalue weighted by Gasteiger charge is -2.10. The van der Waals surface area contributed by atoms with E-state index in [-0.39, 0.29) is 5.11 Å². The SMILES string of the molecule is CCCOc1cc(/C=N\NC(N)=S)ccc1OC. The Morgan fingerprint density at radius 1 is 1.50 bits per heavy atom. The highest BCUT2D eigenvalue weighted by Crippen LogP contribution is 2.27. The number of thiocarbonyl (C=S) groups is 1. The molecule has 0 spiro atoms. The zero-order valence-corrected chi connectivity index (χ0v) is 11.3. The van der Waals surface area contributed by atoms with Gasteiger partial charge in [0.25, 0.3) is 0 Å². The van der Waals surface area contributed by atoms with Gasteiger partial charge in [-0.25, -0.2) is 0 Å². The van der Waals surface area contributed by atoms with Crippen molar-refractivity contribution in [3.05, 3.63) is 23.8 Å². The van der Waals surface area contributed by atoms with Crippen molar-refractivity contribution in [2.24, 2.45) is 10.8 Å². The molecular weight excluding hydrogens is 250 g/mol. The number of hydrogen-bond acceptors (Lipinski definition) is 4. The third kappa shape index (κ3) is 4.58. The summed E-state index contributed by atoms with van der Waals surface area (Å²) < 4.78 is 10.8. The maximum Gasteiger partial charge on any atom is 0.184 e. The molecule has 98 valence electrons. The molecule has 0 radical (unpaired) electrons. The van der Waals surface area contributed by atoms with Gasteiger partial charge in [0.05, 0.1) is 19.9 Å². The molecule has 5 nitrogen and oxygen atoms in total. The molecule has 0 heterocycles. The van der Waals surface area contributed by atoms with Crippen molar-refractivity contribution in [3.8, 4) is 11.5 Å². The molecule has 0 aliphatic rings. The van der Waals surface area contributed by atoms with E-state index in [1.807, 2.05) is 25.1 Å². The summed E-state index contributed by atoms with van der Waals surface area (Å²) in [4.78, 5) is 0. The Labute approximate surface area is 112 Å². The van der Waals surface area contributed by atoms with Crippen LogP contribution in [0.25, 0.3) is 0 Å². The number of nitrogens with zero attached hydrogens (tertiary/aromatic N) is 1. The number of hydrazone groups is 1. The van der Waals surface area contributed by atoms with Crippen LogP contribution in [-0.4, -0.2) is 25.0 Å². The highest BCUT2D eigenvalue weighted by Gasteiger charge is 2.04. The first-order chi connectivity index (χ1) is 8.67. The van der Waals surface area contributed by atoms with Crippen molar-refractivity contribution >= 4 is 23.5 Å². The van der Waals surface area contributed by atoms with Gasteiger partial charge in [-0.1, -0.05) is 6.92 Å². The Kier molecular flexibility index (Phi) is 5.93. The summed E-state index contributed by atoms with van der Waals surface area (Å²) >= 11 is 4.64. The minimum atomic E-state index is 0.127. The van der Waals surface area contributed by atoms with Crippen molar-refractivity contribution in [3.63, 3.8) is 0 Å². The van der Waals surface area contributed by atoms with Crippen LogP contribution >= 0.6 is 12.2 Å². The molecular formula is C12H17N3O2S. The van der Waals surface area contributed by atoms with Crippen LogP contribution in [0.2, 0.25) is 0 Å². The lowest BCUT2D eigenvalue weighted by Crippen LogP contribution is -2.23. The molecule has 6 heteroatoms. The van der Waals surface area contributed by atoms with Crippen molar-refractivity contribution in [1.82, 2.24) is 5.43 Å². The highest BCUT2D eigenvalue weighted by atomic mass is 32.1. The molecule has 0 aliphatic heterocycles. The first kappa shape index (κ1) is 14.2. The van der Waals surface area contributed by atoms with Crippen molar-refractivity contribution in [1.29, 1.82) is 0 Å². The average Bonchev–Trinajstić information content (AvgIpc) is 2.36. The summed E-state index contributed by atoms with van der Waals surface area (Å²) in [5.41, 5.74) is 8.62. The lowest BCUT2D eigenvalue weighted by atomic mass is 10.2. The van der Waals surface area contributed by atoms with Gasteiger partial charge in [0.2, 0.25) is 0 Å². The van der Waals surface area contributed by atoms with E-state index in [2.05, 4.69) is 22.7 Å². The summed E-state index contributed by atoms with van der Waals surface area (Å²) in [6.07, 6.45) is 2.54. The highest BCUT2D eigenvalue weighted by molar-refractivity contribution is 7.80. The third-order valence-corrected chi connectivity index (χ3v) is 2.13. The first-order valence-electron chi connectivity index (χ1n) is 5.56. The fourth-order valence-corrected chi connectivity index (χ4v) is 1.32. The number of hydrogen-bond donors (Lipinski definition) is 2. The second kappa shape index (κ2) is 7.50. The molecule has 0 saturated heterocycles. The third-order valence-electron chi connectivity index (χ3n) is 2.04. The number of benzene rings is 1. The Morgan fingerprint density at radius 3 is 2.89 bits per heavy atom. The van der Waals surface area contributed by atoms with Gasteiger partial charge in [0, 0.05) is 0 Å². The smallest absolute Gasteiger partial charge is 0.184 e. The molecule has 0 bridgehead atoms. The van der Waals surface area contributed by atoms with Gasteiger partial charge in [0.15, 0.2) is 16.6 Å². The normalized spacial score (nSPS) is 10.3. The standard InChI is InChI=1S/C12H17N3O2S/c1-3-6-17-11-7-9(4-5-10(11)16-2)8-14-15-12(13)18/h4-5,7-8H,3,6H2,1-2H3,(H3,13,15,18)/b14-8-. The second-order valence-electron chi connectivity index (χ2n) is 3.49. The van der Waals surface area contributed by atoms with Gasteiger partial charge in [-0.2, -0.15) is 5.10 Å². The fraction of sp³-hybridized carbons (Fsp3) is 0.333. The summed E-state index contributed by atoms with van der Waals surface area (Å²) in [5, 5.41) is 4.01. The average molecular weight is 267 g/mol. The Hall–Kier alpha value is -1.82. The maximum atomic E-state index is 5.59. The summed E-state index contributed by atoms with van der Waals surface area (Å²) in [6.45, 7) is 2.69. The quantitative estimate of drug-likeness (QED) is 0.466. The fourth-order valence-electron chi connectivity index (χ4n) is 1.27. The molecule has 0 aliphatic carbocycles. The van der Waals surface area contributed by atoms with Gasteiger partial charge < -0.3 is 15.2 Å². The Morgan fingerprint density at radius 2 is 2.28 bits per heavy atom. The Balaban J connectivity index is 2.81. The number of ether oxygens (including phenoxy) is 2. The zero-order chi connectivity index (χ0) is 13.4. The minimum absolute atomic E-state index is 0.127. The van der Waals surface area contributed by atoms with E-state index in [9.17, 15) is 0 Å². The number of nitrogens with two attached hydrogens (primary N) is 1. The molecule has 0 aromatic heterocycles. The van der Waals surface area contributed by atoms with E-state index < -0.39 is 0 Å². The topological polar surface area (TPSA) is 68.9 Å². The molecule has 0 saturated carbocycles. The summed E-state index contributed by atoms with van der Waals surface area (Å²) in [5.74, 6) is 1.39. The zero-order valence-electron chi connectivity index (χ0n) is 10.5. The predicted molar refractivity (Wildman–Crippen MR) is 76.3 cm³/mol. The van der Waals surface area contributed by atoms with Gasteiger partial charge in [0.1, 0.15) is 0 Å². The van der Waals surface area contributed by atoms with E-state index in [0.29, 0.717) is 18.1 Å². The van der Waals surface area contributed by atoms with E-state index in [0.717, 1.165) is 12.0 Å². The van der Waals surface area contributed by atoms with Crippen LogP contribution in [0.1, 0.15) is 18.9 Å². The lowest BCUT2D eigenvalue weighted by molar-refractivity contribution is 0.294. The largest absolute Gasteiger partial charge is 0.493 e. The van der Waals surface area contributed by atoms with Gasteiger partial charge in [-0.15, -0.1) is 0 Å². The molecule has 0 atom stereocenters. The maximum absolute atomic E-state index is 5.59. The number of rotatable bonds is 6. The molecule has 0 fully saturated rings. The first-order valence-corrected chi connectivity index (χ1v) is 5.97. The van der Waals surface area contributed by atoms with Crippen LogP contribution in [0.4, 0.5) is 0 Å². The molecule has 3 N–H and O–H groups in total. The van der Waals surface area contributed by atoms with Crippen molar-refractivity contribution in [2.45, 2.75) is 13.3 Å². The van der Waals surface area contributed by atoms with Gasteiger partial charge in [-0.05, 0) is 42.4 Å². The molecule has 0 amide bonds. The molecule has 1 aromatic rings. The van der Waals surface area contributed by atoms with Crippen molar-refractivity contribution in [2.75, 3.05) is 13.7 Å². The van der Waals surface area contributed by atoms with Crippen LogP contribution < -0.4 is 20.6 Å². The van der Waals surface area contributed by atoms with E-state index in [1.165, 1.54) is 0 Å². The second-order valence-corrected chi connectivity index (χ2v) is 3.93. The predicted octanol–water partition coefficient (Wildman–Crippen LogP) is 1.65. The number of nitrogens with one attached hydrogen (secondary N) is 1. The summed E-state index contributed by atoms with van der Waals surface area (Å²) in [6, 6.07) is 5.54. The summed E-state index contributed by atoms with van der Waals surface area (Å²) in [7, 11) is 1.61. The molecule has 18 heavy (non-hydrogen) atoms. The van der Waals surface area contributed by atoms with Crippen LogP contribution in [0.5, 0.6) is 11.5 Å². The van der Waals surface area contributed by atoms with Crippen LogP contribution in [0.3, 0.4) is 0 Å². The minimum Gasteiger partial charge on any atom is -0.493 e. The van der Waals surface area contributed by atoms with Crippen molar-refractivity contribution < 1.29 is 9.47 Å².